The van der Waals surface area contributed by atoms with E-state index in [0.29, 0.717) is 23.5 Å². The molecule has 30 heavy (non-hydrogen) atoms. The lowest BCUT2D eigenvalue weighted by Crippen LogP contribution is -2.06. The zero-order chi connectivity index (χ0) is 20.5. The lowest BCUT2D eigenvalue weighted by Gasteiger charge is -2.13. The maximum Gasteiger partial charge on any atom is 0.344 e. The smallest absolute Gasteiger partial charge is 0.344 e. The van der Waals surface area contributed by atoms with Crippen molar-refractivity contribution in [3.8, 4) is 33.8 Å². The second kappa shape index (κ2) is 7.69. The summed E-state index contributed by atoms with van der Waals surface area (Å²) >= 11 is 0. The number of benzene rings is 3. The summed E-state index contributed by atoms with van der Waals surface area (Å²) in [7, 11) is 1.59. The van der Waals surface area contributed by atoms with Crippen molar-refractivity contribution in [3.63, 3.8) is 0 Å². The zero-order valence-electron chi connectivity index (χ0n) is 16.5. The molecule has 1 saturated heterocycles. The molecular formula is C25H20O5. The van der Waals surface area contributed by atoms with Crippen molar-refractivity contribution >= 4 is 11.0 Å². The Morgan fingerprint density at radius 2 is 1.60 bits per heavy atom. The summed E-state index contributed by atoms with van der Waals surface area (Å²) in [6.07, 6.45) is 0.201. The number of rotatable bonds is 6. The van der Waals surface area contributed by atoms with E-state index >= 15 is 0 Å². The second-order valence-corrected chi connectivity index (χ2v) is 7.16. The molecule has 0 amide bonds. The van der Waals surface area contributed by atoms with Crippen molar-refractivity contribution in [2.45, 2.75) is 6.10 Å². The van der Waals surface area contributed by atoms with Crippen LogP contribution in [0.3, 0.4) is 0 Å². The molecule has 0 bridgehead atoms. The van der Waals surface area contributed by atoms with Crippen LogP contribution in [0.1, 0.15) is 0 Å². The van der Waals surface area contributed by atoms with Crippen LogP contribution < -0.4 is 15.1 Å². The first-order valence-electron chi connectivity index (χ1n) is 9.78. The van der Waals surface area contributed by atoms with Crippen LogP contribution in [-0.2, 0) is 4.74 Å². The van der Waals surface area contributed by atoms with E-state index in [4.69, 9.17) is 18.6 Å². The Bertz CT molecular complexity index is 1240. The van der Waals surface area contributed by atoms with Gasteiger partial charge in [-0.1, -0.05) is 42.5 Å². The van der Waals surface area contributed by atoms with Crippen LogP contribution >= 0.6 is 0 Å². The number of methoxy groups -OCH3 is 1. The van der Waals surface area contributed by atoms with Crippen LogP contribution in [-0.4, -0.2) is 26.4 Å². The number of hydrogen-bond donors (Lipinski definition) is 0. The molecule has 0 radical (unpaired) electrons. The summed E-state index contributed by atoms with van der Waals surface area (Å²) < 4.78 is 21.9. The quantitative estimate of drug-likeness (QED) is 0.340. The van der Waals surface area contributed by atoms with Crippen molar-refractivity contribution in [1.82, 2.24) is 0 Å². The SMILES string of the molecule is COc1ccc2c(-c3ccc(OCC4CO4)cc3)c(-c3ccccc3)c(=O)oc2c1. The zero-order valence-corrected chi connectivity index (χ0v) is 16.5. The standard InChI is InChI=1S/C25H20O5/c1-27-19-11-12-21-22(13-19)30-25(26)24(16-5-3-2-4-6-16)23(21)17-7-9-18(10-8-17)28-14-20-15-29-20/h2-13,20H,14-15H2,1H3. The molecule has 1 atom stereocenters. The third-order valence-electron chi connectivity index (χ3n) is 5.16. The molecule has 1 aliphatic rings. The Morgan fingerprint density at radius 3 is 2.30 bits per heavy atom. The molecule has 1 fully saturated rings. The molecule has 5 rings (SSSR count). The van der Waals surface area contributed by atoms with Gasteiger partial charge in [-0.2, -0.15) is 0 Å². The van der Waals surface area contributed by atoms with Gasteiger partial charge in [0.2, 0.25) is 0 Å². The van der Waals surface area contributed by atoms with Crippen molar-refractivity contribution in [3.05, 3.63) is 83.2 Å². The van der Waals surface area contributed by atoms with Gasteiger partial charge in [-0.25, -0.2) is 4.79 Å². The van der Waals surface area contributed by atoms with Gasteiger partial charge in [-0.3, -0.25) is 0 Å². The molecule has 0 saturated carbocycles. The first kappa shape index (κ1) is 18.5. The van der Waals surface area contributed by atoms with Crippen LogP contribution in [0.2, 0.25) is 0 Å². The summed E-state index contributed by atoms with van der Waals surface area (Å²) in [5, 5.41) is 0.842. The maximum atomic E-state index is 13.0. The van der Waals surface area contributed by atoms with E-state index in [1.165, 1.54) is 0 Å². The Morgan fingerprint density at radius 1 is 0.900 bits per heavy atom. The third-order valence-corrected chi connectivity index (χ3v) is 5.16. The predicted molar refractivity (Wildman–Crippen MR) is 115 cm³/mol. The average Bonchev–Trinajstić information content (AvgIpc) is 3.62. The highest BCUT2D eigenvalue weighted by molar-refractivity contribution is 6.01. The van der Waals surface area contributed by atoms with Crippen molar-refractivity contribution in [2.24, 2.45) is 0 Å². The van der Waals surface area contributed by atoms with Crippen LogP contribution in [0.25, 0.3) is 33.2 Å². The van der Waals surface area contributed by atoms with Gasteiger partial charge in [-0.15, -0.1) is 0 Å². The topological polar surface area (TPSA) is 61.2 Å². The summed E-state index contributed by atoms with van der Waals surface area (Å²) in [4.78, 5) is 13.0. The number of hydrogen-bond acceptors (Lipinski definition) is 5. The Kier molecular flexibility index (Phi) is 4.73. The van der Waals surface area contributed by atoms with Gasteiger partial charge in [0.25, 0.3) is 0 Å². The molecule has 1 unspecified atom stereocenters. The van der Waals surface area contributed by atoms with E-state index in [9.17, 15) is 4.79 Å². The summed E-state index contributed by atoms with van der Waals surface area (Å²) in [6.45, 7) is 1.31. The van der Waals surface area contributed by atoms with Gasteiger partial charge in [0.15, 0.2) is 0 Å². The highest BCUT2D eigenvalue weighted by Crippen LogP contribution is 2.37. The van der Waals surface area contributed by atoms with Gasteiger partial charge in [0.05, 0.1) is 19.3 Å². The molecular weight excluding hydrogens is 380 g/mol. The fraction of sp³-hybridized carbons (Fsp3) is 0.160. The highest BCUT2D eigenvalue weighted by Gasteiger charge is 2.23. The number of epoxide rings is 1. The molecule has 0 aliphatic carbocycles. The molecule has 150 valence electrons. The van der Waals surface area contributed by atoms with E-state index in [1.807, 2.05) is 66.7 Å². The van der Waals surface area contributed by atoms with Gasteiger partial charge in [0.1, 0.15) is 29.8 Å². The first-order valence-corrected chi connectivity index (χ1v) is 9.78. The van der Waals surface area contributed by atoms with E-state index in [2.05, 4.69) is 0 Å². The molecule has 5 nitrogen and oxygen atoms in total. The lowest BCUT2D eigenvalue weighted by molar-refractivity contribution is 0.263. The van der Waals surface area contributed by atoms with Crippen LogP contribution in [0.15, 0.2) is 82.0 Å². The first-order chi connectivity index (χ1) is 14.7. The summed E-state index contributed by atoms with van der Waals surface area (Å²) in [6, 6.07) is 22.9. The molecule has 0 spiro atoms. The molecule has 3 aromatic carbocycles. The van der Waals surface area contributed by atoms with Crippen molar-refractivity contribution in [2.75, 3.05) is 20.3 Å². The van der Waals surface area contributed by atoms with Crippen LogP contribution in [0, 0.1) is 0 Å². The Labute approximate surface area is 173 Å². The van der Waals surface area contributed by atoms with Crippen LogP contribution in [0.5, 0.6) is 11.5 Å². The van der Waals surface area contributed by atoms with Gasteiger partial charge in [-0.05, 0) is 35.4 Å². The van der Waals surface area contributed by atoms with Crippen molar-refractivity contribution in [1.29, 1.82) is 0 Å². The molecule has 5 heteroatoms. The highest BCUT2D eigenvalue weighted by atomic mass is 16.6. The minimum absolute atomic E-state index is 0.201. The molecule has 2 heterocycles. The number of ether oxygens (including phenoxy) is 3. The second-order valence-electron chi connectivity index (χ2n) is 7.16. The minimum Gasteiger partial charge on any atom is -0.497 e. The van der Waals surface area contributed by atoms with Gasteiger partial charge >= 0.3 is 5.63 Å². The Hall–Kier alpha value is -3.57. The fourth-order valence-corrected chi connectivity index (χ4v) is 3.55. The van der Waals surface area contributed by atoms with E-state index in [-0.39, 0.29) is 11.7 Å². The van der Waals surface area contributed by atoms with Gasteiger partial charge in [0, 0.05) is 17.0 Å². The largest absolute Gasteiger partial charge is 0.497 e. The molecule has 1 aromatic heterocycles. The van der Waals surface area contributed by atoms with E-state index < -0.39 is 0 Å². The van der Waals surface area contributed by atoms with Gasteiger partial charge < -0.3 is 18.6 Å². The van der Waals surface area contributed by atoms with E-state index in [0.717, 1.165) is 34.4 Å². The maximum absolute atomic E-state index is 13.0. The summed E-state index contributed by atoms with van der Waals surface area (Å²) in [5.41, 5.74) is 3.18. The predicted octanol–water partition coefficient (Wildman–Crippen LogP) is 4.91. The fourth-order valence-electron chi connectivity index (χ4n) is 3.55. The molecule has 1 aliphatic heterocycles. The normalized spacial score (nSPS) is 15.2. The lowest BCUT2D eigenvalue weighted by atomic mass is 9.93. The number of fused-ring (bicyclic) bond motifs is 1. The Balaban J connectivity index is 1.68. The van der Waals surface area contributed by atoms with E-state index in [1.54, 1.807) is 13.2 Å². The average molecular weight is 400 g/mol. The monoisotopic (exact) mass is 400 g/mol. The minimum atomic E-state index is -0.386. The summed E-state index contributed by atoms with van der Waals surface area (Å²) in [5.74, 6) is 1.40. The molecule has 4 aromatic rings. The van der Waals surface area contributed by atoms with Crippen LogP contribution in [0.4, 0.5) is 0 Å². The third kappa shape index (κ3) is 3.55. The van der Waals surface area contributed by atoms with Crippen molar-refractivity contribution < 1.29 is 18.6 Å². The molecule has 0 N–H and O–H groups in total.